The predicted octanol–water partition coefficient (Wildman–Crippen LogP) is 3.20. The number of carbonyl (C=O) groups excluding carboxylic acids is 1. The van der Waals surface area contributed by atoms with E-state index in [1.165, 1.54) is 0 Å². The summed E-state index contributed by atoms with van der Waals surface area (Å²) >= 11 is 0. The van der Waals surface area contributed by atoms with Crippen molar-refractivity contribution in [3.63, 3.8) is 0 Å². The maximum absolute atomic E-state index is 12.3. The van der Waals surface area contributed by atoms with Crippen molar-refractivity contribution in [1.29, 1.82) is 0 Å². The third kappa shape index (κ3) is 1.68. The van der Waals surface area contributed by atoms with Crippen molar-refractivity contribution in [1.82, 2.24) is 0 Å². The van der Waals surface area contributed by atoms with Crippen molar-refractivity contribution in [3.8, 4) is 0 Å². The highest BCUT2D eigenvalue weighted by molar-refractivity contribution is 5.82. The Balaban J connectivity index is 1.83. The van der Waals surface area contributed by atoms with Crippen LogP contribution in [0.4, 0.5) is 0 Å². The fourth-order valence-corrected chi connectivity index (χ4v) is 4.54. The molecule has 0 bridgehead atoms. The Bertz CT molecular complexity index is 360. The van der Waals surface area contributed by atoms with E-state index in [2.05, 4.69) is 27.7 Å². The smallest absolute Gasteiger partial charge is 0.136 e. The van der Waals surface area contributed by atoms with Crippen LogP contribution in [0.3, 0.4) is 0 Å². The molecule has 3 aliphatic rings. The molecular weight excluding hydrogens is 212 g/mol. The number of hydrogen-bond acceptors (Lipinski definition) is 2. The molecule has 1 aliphatic heterocycles. The van der Waals surface area contributed by atoms with Crippen molar-refractivity contribution in [2.75, 3.05) is 0 Å². The molecule has 0 aromatic rings. The molecule has 2 aliphatic carbocycles. The molecular formula is C15H24O2. The Morgan fingerprint density at radius 2 is 2.00 bits per heavy atom. The van der Waals surface area contributed by atoms with E-state index in [1.54, 1.807) is 0 Å². The van der Waals surface area contributed by atoms with Crippen LogP contribution in [0, 0.1) is 23.2 Å². The summed E-state index contributed by atoms with van der Waals surface area (Å²) in [6.45, 7) is 9.14. The van der Waals surface area contributed by atoms with E-state index < -0.39 is 0 Å². The normalized spacial score (nSPS) is 52.4. The Hall–Kier alpha value is -0.370. The van der Waals surface area contributed by atoms with Gasteiger partial charge < -0.3 is 4.74 Å². The predicted molar refractivity (Wildman–Crippen MR) is 66.7 cm³/mol. The van der Waals surface area contributed by atoms with E-state index >= 15 is 0 Å². The number of fused-ring (bicyclic) bond motifs is 2. The maximum Gasteiger partial charge on any atom is 0.136 e. The largest absolute Gasteiger partial charge is 0.366 e. The first-order chi connectivity index (χ1) is 7.83. The third-order valence-electron chi connectivity index (χ3n) is 5.60. The van der Waals surface area contributed by atoms with Crippen LogP contribution >= 0.6 is 0 Å². The summed E-state index contributed by atoms with van der Waals surface area (Å²) < 4.78 is 5.82. The molecule has 5 atom stereocenters. The first-order valence-corrected chi connectivity index (χ1v) is 7.04. The second-order valence-electron chi connectivity index (χ2n) is 7.42. The molecule has 2 heteroatoms. The molecule has 2 nitrogen and oxygen atoms in total. The third-order valence-corrected chi connectivity index (χ3v) is 5.60. The number of ether oxygens (including phenoxy) is 1. The van der Waals surface area contributed by atoms with E-state index in [-0.39, 0.29) is 5.60 Å². The van der Waals surface area contributed by atoms with Gasteiger partial charge in [0.1, 0.15) is 5.78 Å². The van der Waals surface area contributed by atoms with Gasteiger partial charge in [-0.25, -0.2) is 0 Å². The van der Waals surface area contributed by atoms with E-state index in [0.717, 1.165) is 25.7 Å². The van der Waals surface area contributed by atoms with E-state index in [4.69, 9.17) is 4.74 Å². The van der Waals surface area contributed by atoms with Gasteiger partial charge in [-0.15, -0.1) is 0 Å². The number of carbonyl (C=O) groups is 1. The average molecular weight is 236 g/mol. The van der Waals surface area contributed by atoms with Crippen LogP contribution in [0.2, 0.25) is 0 Å². The quantitative estimate of drug-likeness (QED) is 0.604. The van der Waals surface area contributed by atoms with Crippen LogP contribution < -0.4 is 0 Å². The van der Waals surface area contributed by atoms with E-state index in [9.17, 15) is 4.79 Å². The van der Waals surface area contributed by atoms with Crippen LogP contribution in [-0.2, 0) is 9.53 Å². The first-order valence-electron chi connectivity index (χ1n) is 7.04. The number of epoxide rings is 1. The maximum atomic E-state index is 12.3. The summed E-state index contributed by atoms with van der Waals surface area (Å²) in [5.41, 5.74) is 0.382. The zero-order chi connectivity index (χ0) is 12.4. The molecule has 5 unspecified atom stereocenters. The van der Waals surface area contributed by atoms with Gasteiger partial charge in [-0.1, -0.05) is 20.8 Å². The zero-order valence-corrected chi connectivity index (χ0v) is 11.5. The van der Waals surface area contributed by atoms with Crippen LogP contribution in [0.25, 0.3) is 0 Å². The summed E-state index contributed by atoms with van der Waals surface area (Å²) in [5.74, 6) is 2.05. The fourth-order valence-electron chi connectivity index (χ4n) is 4.54. The SMILES string of the molecule is CC1CC2OC2(C)CCC(=O)C2CC(C)(C)C12. The number of ketones is 1. The highest BCUT2D eigenvalue weighted by atomic mass is 16.6. The minimum Gasteiger partial charge on any atom is -0.366 e. The van der Waals surface area contributed by atoms with Crippen LogP contribution in [0.5, 0.6) is 0 Å². The highest BCUT2D eigenvalue weighted by Gasteiger charge is 2.58. The van der Waals surface area contributed by atoms with Gasteiger partial charge in [0.2, 0.25) is 0 Å². The second kappa shape index (κ2) is 3.34. The van der Waals surface area contributed by atoms with Crippen LogP contribution in [-0.4, -0.2) is 17.5 Å². The van der Waals surface area contributed by atoms with E-state index in [1.807, 2.05) is 0 Å². The second-order valence-corrected chi connectivity index (χ2v) is 7.42. The van der Waals surface area contributed by atoms with Crippen LogP contribution in [0.15, 0.2) is 0 Å². The summed E-state index contributed by atoms with van der Waals surface area (Å²) in [6.07, 6.45) is 4.34. The van der Waals surface area contributed by atoms with Crippen molar-refractivity contribution in [3.05, 3.63) is 0 Å². The summed E-state index contributed by atoms with van der Waals surface area (Å²) in [7, 11) is 0. The lowest BCUT2D eigenvalue weighted by Crippen LogP contribution is -2.50. The molecule has 17 heavy (non-hydrogen) atoms. The first kappa shape index (κ1) is 11.7. The molecule has 0 amide bonds. The van der Waals surface area contributed by atoms with E-state index in [0.29, 0.717) is 35.1 Å². The van der Waals surface area contributed by atoms with Gasteiger partial charge in [-0.05, 0) is 43.4 Å². The molecule has 1 saturated heterocycles. The minimum absolute atomic E-state index is 0.0256. The average Bonchev–Trinajstić information content (AvgIpc) is 2.81. The molecule has 1 heterocycles. The molecule has 0 aromatic carbocycles. The fraction of sp³-hybridized carbons (Fsp3) is 0.933. The molecule has 0 aromatic heterocycles. The Morgan fingerprint density at radius 3 is 2.65 bits per heavy atom. The number of rotatable bonds is 0. The van der Waals surface area contributed by atoms with Gasteiger partial charge in [0, 0.05) is 12.3 Å². The lowest BCUT2D eigenvalue weighted by atomic mass is 9.50. The summed E-state index contributed by atoms with van der Waals surface area (Å²) in [5, 5.41) is 0. The molecule has 96 valence electrons. The van der Waals surface area contributed by atoms with Crippen molar-refractivity contribution in [2.24, 2.45) is 23.2 Å². The standard InChI is InChI=1S/C15H24O2/c1-9-7-12-15(4,17-12)6-5-11(16)10-8-14(2,3)13(9)10/h9-10,12-13H,5-8H2,1-4H3. The number of hydrogen-bond donors (Lipinski definition) is 0. The van der Waals surface area contributed by atoms with Crippen molar-refractivity contribution < 1.29 is 9.53 Å². The van der Waals surface area contributed by atoms with Gasteiger partial charge in [0.05, 0.1) is 11.7 Å². The van der Waals surface area contributed by atoms with Crippen molar-refractivity contribution >= 4 is 5.78 Å². The minimum atomic E-state index is 0.0256. The van der Waals surface area contributed by atoms with Gasteiger partial charge in [0.15, 0.2) is 0 Å². The molecule has 3 fully saturated rings. The Kier molecular flexibility index (Phi) is 2.30. The monoisotopic (exact) mass is 236 g/mol. The van der Waals surface area contributed by atoms with Gasteiger partial charge >= 0.3 is 0 Å². The van der Waals surface area contributed by atoms with Gasteiger partial charge in [-0.2, -0.15) is 0 Å². The van der Waals surface area contributed by atoms with Gasteiger partial charge in [0.25, 0.3) is 0 Å². The highest BCUT2D eigenvalue weighted by Crippen LogP contribution is 2.58. The number of Topliss-reactive ketones (excluding diaryl/α,β-unsaturated/α-hetero) is 1. The Morgan fingerprint density at radius 1 is 1.29 bits per heavy atom. The van der Waals surface area contributed by atoms with Crippen molar-refractivity contribution in [2.45, 2.75) is 65.1 Å². The van der Waals surface area contributed by atoms with Gasteiger partial charge in [-0.3, -0.25) is 4.79 Å². The lowest BCUT2D eigenvalue weighted by molar-refractivity contribution is -0.141. The molecule has 2 saturated carbocycles. The molecule has 3 rings (SSSR count). The topological polar surface area (TPSA) is 29.6 Å². The Labute approximate surface area is 104 Å². The zero-order valence-electron chi connectivity index (χ0n) is 11.5. The molecule has 0 radical (unpaired) electrons. The summed E-state index contributed by atoms with van der Waals surface area (Å²) in [4.78, 5) is 12.3. The molecule has 0 N–H and O–H groups in total. The summed E-state index contributed by atoms with van der Waals surface area (Å²) in [6, 6.07) is 0. The molecule has 0 spiro atoms. The van der Waals surface area contributed by atoms with Crippen LogP contribution in [0.1, 0.15) is 53.4 Å². The lowest BCUT2D eigenvalue weighted by Gasteiger charge is -2.53.